The van der Waals surface area contributed by atoms with Gasteiger partial charge in [-0.25, -0.2) is 19.7 Å². The molecule has 0 aromatic carbocycles. The fourth-order valence-corrected chi connectivity index (χ4v) is 2.58. The quantitative estimate of drug-likeness (QED) is 0.682. The van der Waals surface area contributed by atoms with Gasteiger partial charge in [0, 0.05) is 23.3 Å². The normalized spacial score (nSPS) is 10.4. The maximum atomic E-state index is 11.0. The van der Waals surface area contributed by atoms with Crippen LogP contribution in [0, 0.1) is 13.8 Å². The number of rotatable bonds is 4. The Kier molecular flexibility index (Phi) is 4.11. The first kappa shape index (κ1) is 13.5. The fourth-order valence-electron chi connectivity index (χ4n) is 1.65. The maximum Gasteiger partial charge on any atom is 0.354 e. The van der Waals surface area contributed by atoms with Gasteiger partial charge in [-0.2, -0.15) is 0 Å². The largest absolute Gasteiger partial charge is 0.477 e. The molecule has 2 aromatic heterocycles. The monoisotopic (exact) mass is 275 g/mol. The van der Waals surface area contributed by atoms with E-state index in [9.17, 15) is 4.79 Å². The Labute approximate surface area is 115 Å². The Hall–Kier alpha value is -1.95. The second-order valence-corrected chi connectivity index (χ2v) is 4.98. The Morgan fingerprint density at radius 3 is 2.63 bits per heavy atom. The molecule has 0 radical (unpaired) electrons. The molecule has 19 heavy (non-hydrogen) atoms. The molecule has 5 nitrogen and oxygen atoms in total. The molecule has 0 atom stereocenters. The third-order valence-electron chi connectivity index (χ3n) is 2.41. The highest BCUT2D eigenvalue weighted by Gasteiger charge is 2.11. The van der Waals surface area contributed by atoms with Gasteiger partial charge in [-0.15, -0.1) is 0 Å². The lowest BCUT2D eigenvalue weighted by atomic mass is 10.2. The van der Waals surface area contributed by atoms with Gasteiger partial charge in [-0.05, 0) is 31.5 Å². The number of aromatic carboxylic acids is 1. The van der Waals surface area contributed by atoms with E-state index >= 15 is 0 Å². The minimum atomic E-state index is -1.02. The van der Waals surface area contributed by atoms with Crippen molar-refractivity contribution < 1.29 is 9.90 Å². The zero-order chi connectivity index (χ0) is 13.8. The molecule has 6 heteroatoms. The van der Waals surface area contributed by atoms with Crippen molar-refractivity contribution in [2.45, 2.75) is 24.8 Å². The maximum absolute atomic E-state index is 11.0. The summed E-state index contributed by atoms with van der Waals surface area (Å²) in [6, 6.07) is 5.38. The molecule has 0 unspecified atom stereocenters. The van der Waals surface area contributed by atoms with E-state index < -0.39 is 5.97 Å². The van der Waals surface area contributed by atoms with Crippen molar-refractivity contribution in [1.82, 2.24) is 15.0 Å². The lowest BCUT2D eigenvalue weighted by molar-refractivity contribution is 0.0689. The molecule has 2 heterocycles. The molecule has 2 aromatic rings. The summed E-state index contributed by atoms with van der Waals surface area (Å²) < 4.78 is 0. The standard InChI is InChI=1S/C13H13N3O2S/c1-8-6-9(2)16-13(15-8)19-7-10-4-3-5-14-11(10)12(17)18/h3-6H,7H2,1-2H3,(H,17,18). The number of hydrogen-bond acceptors (Lipinski definition) is 5. The minimum Gasteiger partial charge on any atom is -0.477 e. The highest BCUT2D eigenvalue weighted by atomic mass is 32.2. The Morgan fingerprint density at radius 2 is 2.00 bits per heavy atom. The number of pyridine rings is 1. The first-order valence-electron chi connectivity index (χ1n) is 5.68. The van der Waals surface area contributed by atoms with Crippen molar-refractivity contribution in [3.05, 3.63) is 47.0 Å². The van der Waals surface area contributed by atoms with Crippen LogP contribution in [-0.4, -0.2) is 26.0 Å². The van der Waals surface area contributed by atoms with Gasteiger partial charge in [-0.3, -0.25) is 0 Å². The molecule has 0 aliphatic rings. The number of aromatic nitrogens is 3. The third kappa shape index (κ3) is 3.51. The zero-order valence-electron chi connectivity index (χ0n) is 10.6. The van der Waals surface area contributed by atoms with Crippen molar-refractivity contribution in [2.75, 3.05) is 0 Å². The predicted octanol–water partition coefficient (Wildman–Crippen LogP) is 2.48. The van der Waals surface area contributed by atoms with Gasteiger partial charge in [0.15, 0.2) is 10.9 Å². The Bertz CT molecular complexity index is 596. The van der Waals surface area contributed by atoms with Gasteiger partial charge < -0.3 is 5.11 Å². The van der Waals surface area contributed by atoms with E-state index in [1.54, 1.807) is 12.1 Å². The highest BCUT2D eigenvalue weighted by molar-refractivity contribution is 7.98. The third-order valence-corrected chi connectivity index (χ3v) is 3.31. The molecule has 98 valence electrons. The molecular weight excluding hydrogens is 262 g/mol. The van der Waals surface area contributed by atoms with E-state index in [1.165, 1.54) is 18.0 Å². The van der Waals surface area contributed by atoms with Gasteiger partial charge in [0.1, 0.15) is 0 Å². The van der Waals surface area contributed by atoms with Crippen LogP contribution < -0.4 is 0 Å². The van der Waals surface area contributed by atoms with E-state index in [2.05, 4.69) is 15.0 Å². The van der Waals surface area contributed by atoms with Gasteiger partial charge in [0.25, 0.3) is 0 Å². The van der Waals surface area contributed by atoms with Gasteiger partial charge in [-0.1, -0.05) is 17.8 Å². The lowest BCUT2D eigenvalue weighted by Gasteiger charge is -2.05. The molecule has 2 rings (SSSR count). The van der Waals surface area contributed by atoms with Crippen LogP contribution in [0.15, 0.2) is 29.6 Å². The van der Waals surface area contributed by atoms with E-state index in [4.69, 9.17) is 5.11 Å². The average molecular weight is 275 g/mol. The number of thioether (sulfide) groups is 1. The lowest BCUT2D eigenvalue weighted by Crippen LogP contribution is -2.04. The van der Waals surface area contributed by atoms with Crippen LogP contribution in [0.2, 0.25) is 0 Å². The summed E-state index contributed by atoms with van der Waals surface area (Å²) in [5, 5.41) is 9.70. The van der Waals surface area contributed by atoms with Gasteiger partial charge in [0.05, 0.1) is 0 Å². The summed E-state index contributed by atoms with van der Waals surface area (Å²) in [7, 11) is 0. The highest BCUT2D eigenvalue weighted by Crippen LogP contribution is 2.21. The molecule has 1 N–H and O–H groups in total. The molecular formula is C13H13N3O2S. The predicted molar refractivity (Wildman–Crippen MR) is 72.3 cm³/mol. The van der Waals surface area contributed by atoms with Crippen LogP contribution in [0.3, 0.4) is 0 Å². The van der Waals surface area contributed by atoms with Crippen LogP contribution in [0.1, 0.15) is 27.4 Å². The first-order chi connectivity index (χ1) is 9.06. The van der Waals surface area contributed by atoms with Crippen LogP contribution in [0.4, 0.5) is 0 Å². The van der Waals surface area contributed by atoms with E-state index in [1.807, 2.05) is 19.9 Å². The SMILES string of the molecule is Cc1cc(C)nc(SCc2cccnc2C(=O)O)n1. The number of hydrogen-bond donors (Lipinski definition) is 1. The van der Waals surface area contributed by atoms with Gasteiger partial charge >= 0.3 is 5.97 Å². The summed E-state index contributed by atoms with van der Waals surface area (Å²) in [5.74, 6) is -0.532. The molecule has 0 fully saturated rings. The summed E-state index contributed by atoms with van der Waals surface area (Å²) >= 11 is 1.41. The van der Waals surface area contributed by atoms with Crippen molar-refractivity contribution >= 4 is 17.7 Å². The van der Waals surface area contributed by atoms with Crippen molar-refractivity contribution in [3.63, 3.8) is 0 Å². The first-order valence-corrected chi connectivity index (χ1v) is 6.67. The van der Waals surface area contributed by atoms with Crippen LogP contribution in [0.5, 0.6) is 0 Å². The summed E-state index contributed by atoms with van der Waals surface area (Å²) in [5.41, 5.74) is 2.56. The van der Waals surface area contributed by atoms with Crippen molar-refractivity contribution in [1.29, 1.82) is 0 Å². The summed E-state index contributed by atoms with van der Waals surface area (Å²) in [6.45, 7) is 3.82. The van der Waals surface area contributed by atoms with E-state index in [-0.39, 0.29) is 5.69 Å². The fraction of sp³-hybridized carbons (Fsp3) is 0.231. The Balaban J connectivity index is 2.16. The molecule has 0 saturated heterocycles. The van der Waals surface area contributed by atoms with Crippen molar-refractivity contribution in [2.24, 2.45) is 0 Å². The second kappa shape index (κ2) is 5.79. The molecule has 0 aliphatic carbocycles. The van der Waals surface area contributed by atoms with Crippen LogP contribution in [-0.2, 0) is 5.75 Å². The van der Waals surface area contributed by atoms with E-state index in [0.29, 0.717) is 16.5 Å². The smallest absolute Gasteiger partial charge is 0.354 e. The topological polar surface area (TPSA) is 76.0 Å². The molecule has 0 saturated carbocycles. The number of nitrogens with zero attached hydrogens (tertiary/aromatic N) is 3. The summed E-state index contributed by atoms with van der Waals surface area (Å²) in [6.07, 6.45) is 1.48. The molecule has 0 spiro atoms. The van der Waals surface area contributed by atoms with Gasteiger partial charge in [0.2, 0.25) is 0 Å². The van der Waals surface area contributed by atoms with Crippen molar-refractivity contribution in [3.8, 4) is 0 Å². The average Bonchev–Trinajstić information content (AvgIpc) is 2.35. The number of carboxylic acids is 1. The molecule has 0 amide bonds. The zero-order valence-corrected chi connectivity index (χ0v) is 11.4. The van der Waals surface area contributed by atoms with Crippen LogP contribution in [0.25, 0.3) is 0 Å². The minimum absolute atomic E-state index is 0.0828. The number of carbonyl (C=O) groups is 1. The van der Waals surface area contributed by atoms with E-state index in [0.717, 1.165) is 11.4 Å². The number of aryl methyl sites for hydroxylation is 2. The van der Waals surface area contributed by atoms with Crippen LogP contribution >= 0.6 is 11.8 Å². The summed E-state index contributed by atoms with van der Waals surface area (Å²) in [4.78, 5) is 23.5. The molecule has 0 aliphatic heterocycles. The Morgan fingerprint density at radius 1 is 1.32 bits per heavy atom. The molecule has 0 bridgehead atoms. The second-order valence-electron chi connectivity index (χ2n) is 4.04. The number of carboxylic acid groups (broad SMARTS) is 1.